The van der Waals surface area contributed by atoms with Gasteiger partial charge >= 0.3 is 25.7 Å². The molecule has 1 unspecified atom stereocenters. The molecule has 0 saturated heterocycles. The van der Waals surface area contributed by atoms with Gasteiger partial charge < -0.3 is 25.2 Å². The van der Waals surface area contributed by atoms with Crippen molar-refractivity contribution in [2.45, 2.75) is 199 Å². The van der Waals surface area contributed by atoms with Crippen molar-refractivity contribution in [2.24, 2.45) is 5.73 Å². The van der Waals surface area contributed by atoms with E-state index in [1.165, 1.54) is 109 Å². The van der Waals surface area contributed by atoms with Crippen LogP contribution in [0.25, 0.3) is 0 Å². The zero-order valence-electron chi connectivity index (χ0n) is 36.6. The molecular weight excluding hydrogens is 773 g/mol. The Morgan fingerprint density at radius 2 is 1.07 bits per heavy atom. The molecule has 3 atom stereocenters. The molecule has 0 bridgehead atoms. The van der Waals surface area contributed by atoms with Gasteiger partial charge in [-0.1, -0.05) is 172 Å². The van der Waals surface area contributed by atoms with Crippen molar-refractivity contribution < 1.29 is 52.3 Å². The van der Waals surface area contributed by atoms with Crippen molar-refractivity contribution in [3.8, 4) is 0 Å². The number of phosphoric ester groups is 1. The predicted octanol–water partition coefficient (Wildman–Crippen LogP) is 11.4. The molecule has 12 nitrogen and oxygen atoms in total. The van der Waals surface area contributed by atoms with E-state index in [9.17, 15) is 28.6 Å². The van der Waals surface area contributed by atoms with E-state index in [0.717, 1.165) is 38.5 Å². The second kappa shape index (κ2) is 40.5. The second-order valence-corrected chi connectivity index (χ2v) is 16.7. The van der Waals surface area contributed by atoms with Gasteiger partial charge in [0.15, 0.2) is 11.9 Å². The van der Waals surface area contributed by atoms with E-state index in [2.05, 4.69) is 42.7 Å². The van der Waals surface area contributed by atoms with Gasteiger partial charge in [-0.05, 0) is 44.6 Å². The quantitative estimate of drug-likeness (QED) is 0.0132. The van der Waals surface area contributed by atoms with Crippen molar-refractivity contribution in [1.82, 2.24) is 0 Å². The van der Waals surface area contributed by atoms with E-state index in [-0.39, 0.29) is 31.5 Å². The summed E-state index contributed by atoms with van der Waals surface area (Å²) in [6.07, 6.45) is 41.8. The van der Waals surface area contributed by atoms with Gasteiger partial charge in [0.05, 0.1) is 13.2 Å². The summed E-state index contributed by atoms with van der Waals surface area (Å²) < 4.78 is 32.5. The van der Waals surface area contributed by atoms with Gasteiger partial charge in [-0.3, -0.25) is 28.2 Å². The number of aliphatic carboxylic acids is 1. The molecule has 13 heteroatoms. The Morgan fingerprint density at radius 3 is 1.64 bits per heavy atom. The number of esters is 2. The molecule has 0 saturated carbocycles. The highest BCUT2D eigenvalue weighted by atomic mass is 31.2. The Balaban J connectivity index is 4.52. The van der Waals surface area contributed by atoms with Crippen molar-refractivity contribution in [2.75, 3.05) is 19.8 Å². The van der Waals surface area contributed by atoms with Gasteiger partial charge in [0, 0.05) is 19.3 Å². The van der Waals surface area contributed by atoms with E-state index in [0.29, 0.717) is 6.42 Å². The number of unbranched alkanes of at least 4 members (excludes halogenated alkanes) is 19. The van der Waals surface area contributed by atoms with Gasteiger partial charge in [0.1, 0.15) is 12.6 Å². The summed E-state index contributed by atoms with van der Waals surface area (Å²) in [5, 5.41) is 8.89. The minimum absolute atomic E-state index is 0.100. The molecule has 0 aromatic carbocycles. The number of ketones is 1. The Bertz CT molecular complexity index is 1250. The Labute approximate surface area is 356 Å². The smallest absolute Gasteiger partial charge is 0.472 e. The van der Waals surface area contributed by atoms with Crippen LogP contribution in [0.4, 0.5) is 0 Å². The largest absolute Gasteiger partial charge is 0.480 e. The second-order valence-electron chi connectivity index (χ2n) is 15.2. The summed E-state index contributed by atoms with van der Waals surface area (Å²) in [5.74, 6) is -2.82. The van der Waals surface area contributed by atoms with E-state index in [4.69, 9.17) is 24.8 Å². The molecule has 0 spiro atoms. The third kappa shape index (κ3) is 40.3. The number of hydrogen-bond acceptors (Lipinski definition) is 10. The minimum atomic E-state index is -4.78. The number of rotatable bonds is 42. The standard InChI is InChI=1S/C46H80NO11P/c1-3-5-7-9-11-13-15-17-18-19-20-22-24-26-28-30-32-36-44(49)55-38-42(39-56-59(53,54)57-40-43(47)46(51)52)58-45(50)37-33-35-41(48)34-31-29-27-25-23-21-16-14-12-10-8-6-4-2/h12,14,21,23,27,29,31,34,42-43H,3-11,13,15-20,22,24-26,28,30,32-33,35-40,47H2,1-2H3,(H,51,52)(H,53,54)/b14-12-,23-21-,29-27-,34-31+/t42-,43+/m1/s1. The molecule has 0 aliphatic carbocycles. The van der Waals surface area contributed by atoms with Crippen LogP contribution in [0, 0.1) is 0 Å². The Hall–Kier alpha value is -2.89. The highest BCUT2D eigenvalue weighted by molar-refractivity contribution is 7.47. The highest BCUT2D eigenvalue weighted by Gasteiger charge is 2.28. The maximum atomic E-state index is 12.6. The van der Waals surface area contributed by atoms with E-state index < -0.39 is 57.7 Å². The first-order chi connectivity index (χ1) is 28.5. The number of carboxylic acids is 1. The molecule has 340 valence electrons. The third-order valence-electron chi connectivity index (χ3n) is 9.56. The van der Waals surface area contributed by atoms with Gasteiger partial charge in [-0.25, -0.2) is 4.57 Å². The van der Waals surface area contributed by atoms with Gasteiger partial charge in [0.25, 0.3) is 0 Å². The molecular formula is C46H80NO11P. The average Bonchev–Trinajstić information content (AvgIpc) is 3.20. The fourth-order valence-corrected chi connectivity index (χ4v) is 6.74. The van der Waals surface area contributed by atoms with Crippen LogP contribution in [0.3, 0.4) is 0 Å². The summed E-state index contributed by atoms with van der Waals surface area (Å²) in [5.41, 5.74) is 5.32. The molecule has 0 aromatic heterocycles. The first kappa shape index (κ1) is 56.1. The number of hydrogen-bond donors (Lipinski definition) is 3. The van der Waals surface area contributed by atoms with Crippen LogP contribution in [-0.4, -0.2) is 65.7 Å². The maximum Gasteiger partial charge on any atom is 0.472 e. The normalized spacial score (nSPS) is 14.0. The lowest BCUT2D eigenvalue weighted by molar-refractivity contribution is -0.161. The molecule has 0 fully saturated rings. The number of phosphoric acid groups is 1. The lowest BCUT2D eigenvalue weighted by Crippen LogP contribution is -2.34. The summed E-state index contributed by atoms with van der Waals surface area (Å²) in [7, 11) is -4.78. The molecule has 0 aliphatic rings. The monoisotopic (exact) mass is 854 g/mol. The van der Waals surface area contributed by atoms with Crippen LogP contribution in [0.15, 0.2) is 48.6 Å². The molecule has 0 rings (SSSR count). The predicted molar refractivity (Wildman–Crippen MR) is 236 cm³/mol. The fourth-order valence-electron chi connectivity index (χ4n) is 5.96. The molecule has 0 heterocycles. The van der Waals surface area contributed by atoms with Crippen molar-refractivity contribution in [3.63, 3.8) is 0 Å². The number of carboxylic acid groups (broad SMARTS) is 1. The van der Waals surface area contributed by atoms with Crippen LogP contribution in [-0.2, 0) is 42.3 Å². The summed E-state index contributed by atoms with van der Waals surface area (Å²) in [6, 6.07) is -1.56. The van der Waals surface area contributed by atoms with Crippen LogP contribution < -0.4 is 5.73 Å². The van der Waals surface area contributed by atoms with Gasteiger partial charge in [-0.2, -0.15) is 0 Å². The number of nitrogens with two attached hydrogens (primary N) is 1. The van der Waals surface area contributed by atoms with Crippen LogP contribution >= 0.6 is 7.82 Å². The average molecular weight is 854 g/mol. The molecule has 59 heavy (non-hydrogen) atoms. The Morgan fingerprint density at radius 1 is 0.576 bits per heavy atom. The lowest BCUT2D eigenvalue weighted by atomic mass is 10.0. The van der Waals surface area contributed by atoms with Crippen molar-refractivity contribution in [3.05, 3.63) is 48.6 Å². The molecule has 0 radical (unpaired) electrons. The molecule has 0 amide bonds. The fraction of sp³-hybridized carbons (Fsp3) is 0.739. The summed E-state index contributed by atoms with van der Waals surface area (Å²) in [4.78, 5) is 58.2. The van der Waals surface area contributed by atoms with Crippen LogP contribution in [0.2, 0.25) is 0 Å². The zero-order chi connectivity index (χ0) is 43.7. The lowest BCUT2D eigenvalue weighted by Gasteiger charge is -2.20. The topological polar surface area (TPSA) is 189 Å². The van der Waals surface area contributed by atoms with Crippen molar-refractivity contribution in [1.29, 1.82) is 0 Å². The SMILES string of the molecule is CCCCC/C=C\C/C=C\C/C=C\C=C\C(=O)CCCC(=O)O[C@H](COC(=O)CCCCCCCCCCCCCCCCCCC)COP(=O)(O)OC[C@H](N)C(=O)O. The van der Waals surface area contributed by atoms with Crippen LogP contribution in [0.5, 0.6) is 0 Å². The number of ether oxygens (including phenoxy) is 2. The van der Waals surface area contributed by atoms with Crippen LogP contribution in [0.1, 0.15) is 187 Å². The number of allylic oxidation sites excluding steroid dienone is 8. The maximum absolute atomic E-state index is 12.6. The zero-order valence-corrected chi connectivity index (χ0v) is 37.5. The van der Waals surface area contributed by atoms with Crippen molar-refractivity contribution >= 4 is 31.5 Å². The van der Waals surface area contributed by atoms with E-state index in [1.54, 1.807) is 12.2 Å². The highest BCUT2D eigenvalue weighted by Crippen LogP contribution is 2.43. The Kier molecular flexibility index (Phi) is 38.5. The van der Waals surface area contributed by atoms with Gasteiger partial charge in [-0.15, -0.1) is 0 Å². The van der Waals surface area contributed by atoms with E-state index >= 15 is 0 Å². The summed E-state index contributed by atoms with van der Waals surface area (Å²) >= 11 is 0. The third-order valence-corrected chi connectivity index (χ3v) is 10.5. The number of carbonyl (C=O) groups is 4. The molecule has 0 aromatic rings. The number of carbonyl (C=O) groups excluding carboxylic acids is 3. The minimum Gasteiger partial charge on any atom is -0.480 e. The first-order valence-electron chi connectivity index (χ1n) is 22.6. The molecule has 4 N–H and O–H groups in total. The summed E-state index contributed by atoms with van der Waals surface area (Å²) in [6.45, 7) is 2.54. The first-order valence-corrected chi connectivity index (χ1v) is 24.1. The van der Waals surface area contributed by atoms with Gasteiger partial charge in [0.2, 0.25) is 0 Å². The van der Waals surface area contributed by atoms with E-state index in [1.807, 2.05) is 6.08 Å². The molecule has 0 aliphatic heterocycles.